The average molecular weight is 538 g/mol. The first-order valence-corrected chi connectivity index (χ1v) is 13.2. The Balaban J connectivity index is 1.34. The fourth-order valence-electron chi connectivity index (χ4n) is 5.12. The van der Waals surface area contributed by atoms with Crippen LogP contribution in [0.3, 0.4) is 0 Å². The number of nitrogens with zero attached hydrogens (tertiary/aromatic N) is 7. The Labute approximate surface area is 232 Å². The summed E-state index contributed by atoms with van der Waals surface area (Å²) in [7, 11) is 1.58. The van der Waals surface area contributed by atoms with Crippen molar-refractivity contribution in [1.29, 1.82) is 0 Å². The quantitative estimate of drug-likeness (QED) is 0.371. The molecule has 1 fully saturated rings. The van der Waals surface area contributed by atoms with E-state index in [4.69, 9.17) is 9.72 Å². The van der Waals surface area contributed by atoms with Gasteiger partial charge in [0, 0.05) is 37.9 Å². The summed E-state index contributed by atoms with van der Waals surface area (Å²) < 4.78 is 5.28. The zero-order valence-electron chi connectivity index (χ0n) is 22.8. The van der Waals surface area contributed by atoms with Crippen LogP contribution in [0.1, 0.15) is 16.7 Å². The lowest BCUT2D eigenvalue weighted by Gasteiger charge is -2.36. The van der Waals surface area contributed by atoms with Crippen LogP contribution in [0.4, 0.5) is 39.6 Å². The molecule has 0 bridgehead atoms. The largest absolute Gasteiger partial charge is 0.495 e. The zero-order chi connectivity index (χ0) is 27.6. The van der Waals surface area contributed by atoms with E-state index in [2.05, 4.69) is 30.5 Å². The first kappa shape index (κ1) is 25.5. The number of benzene rings is 1. The normalized spacial score (nSPS) is 15.2. The number of aryl methyl sites for hydroxylation is 2. The Hall–Kier alpha value is -4.77. The molecule has 2 aliphatic rings. The molecule has 5 heterocycles. The predicted octanol–water partition coefficient (Wildman–Crippen LogP) is 4.32. The summed E-state index contributed by atoms with van der Waals surface area (Å²) in [5, 5.41) is 6.60. The van der Waals surface area contributed by atoms with Gasteiger partial charge < -0.3 is 20.3 Å². The van der Waals surface area contributed by atoms with Gasteiger partial charge in [0.2, 0.25) is 5.95 Å². The number of urea groups is 1. The number of aromatic nitrogens is 4. The number of methoxy groups -OCH3 is 1. The van der Waals surface area contributed by atoms with Gasteiger partial charge in [-0.2, -0.15) is 4.98 Å². The van der Waals surface area contributed by atoms with Crippen molar-refractivity contribution in [3.63, 3.8) is 0 Å². The van der Waals surface area contributed by atoms with Crippen molar-refractivity contribution in [2.45, 2.75) is 20.4 Å². The lowest BCUT2D eigenvalue weighted by Crippen LogP contribution is -2.46. The molecule has 6 rings (SSSR count). The van der Waals surface area contributed by atoms with Crippen molar-refractivity contribution >= 4 is 40.8 Å². The number of para-hydroxylation sites is 1. The summed E-state index contributed by atoms with van der Waals surface area (Å²) in [5.41, 5.74) is 4.45. The van der Waals surface area contributed by atoms with Crippen molar-refractivity contribution in [3.05, 3.63) is 77.7 Å². The highest BCUT2D eigenvalue weighted by molar-refractivity contribution is 6.10. The molecule has 2 amide bonds. The third-order valence-electron chi connectivity index (χ3n) is 7.14. The van der Waals surface area contributed by atoms with Gasteiger partial charge in [0.05, 0.1) is 37.4 Å². The number of pyridine rings is 2. The summed E-state index contributed by atoms with van der Waals surface area (Å²) in [6.07, 6.45) is 5.12. The molecule has 1 saturated heterocycles. The van der Waals surface area contributed by atoms with Gasteiger partial charge in [0.15, 0.2) is 5.82 Å². The lowest BCUT2D eigenvalue weighted by molar-refractivity contribution is 0.252. The summed E-state index contributed by atoms with van der Waals surface area (Å²) in [5.74, 6) is 2.82. The number of nitrogens with one attached hydrogen (secondary N) is 2. The van der Waals surface area contributed by atoms with E-state index < -0.39 is 0 Å². The molecule has 4 aromatic rings. The Kier molecular flexibility index (Phi) is 6.87. The van der Waals surface area contributed by atoms with Crippen LogP contribution in [0, 0.1) is 13.8 Å². The first-order valence-electron chi connectivity index (χ1n) is 13.2. The van der Waals surface area contributed by atoms with Crippen LogP contribution in [-0.2, 0) is 6.54 Å². The number of anilines is 6. The van der Waals surface area contributed by atoms with Gasteiger partial charge in [-0.05, 0) is 49.2 Å². The van der Waals surface area contributed by atoms with Crippen LogP contribution in [0.5, 0.6) is 5.75 Å². The summed E-state index contributed by atoms with van der Waals surface area (Å²) in [4.78, 5) is 38.1. The Bertz CT molecular complexity index is 1500. The third kappa shape index (κ3) is 4.87. The maximum Gasteiger partial charge on any atom is 0.336 e. The molecule has 2 aliphatic heterocycles. The molecule has 0 saturated carbocycles. The van der Waals surface area contributed by atoms with Gasteiger partial charge in [0.1, 0.15) is 17.4 Å². The summed E-state index contributed by atoms with van der Waals surface area (Å²) in [6, 6.07) is 13.2. The van der Waals surface area contributed by atoms with E-state index in [0.717, 1.165) is 60.1 Å². The molecule has 0 aliphatic carbocycles. The second kappa shape index (κ2) is 10.8. The molecule has 3 aromatic heterocycles. The Morgan fingerprint density at radius 2 is 1.65 bits per heavy atom. The number of piperazine rings is 1. The van der Waals surface area contributed by atoms with Gasteiger partial charge in [-0.15, -0.1) is 0 Å². The van der Waals surface area contributed by atoms with E-state index in [-0.39, 0.29) is 6.03 Å². The van der Waals surface area contributed by atoms with Crippen molar-refractivity contribution in [1.82, 2.24) is 25.3 Å². The van der Waals surface area contributed by atoms with Crippen LogP contribution in [0.25, 0.3) is 0 Å². The topological polar surface area (TPSA) is 112 Å². The summed E-state index contributed by atoms with van der Waals surface area (Å²) >= 11 is 0. The molecule has 0 unspecified atom stereocenters. The number of hydrogen-bond donors (Lipinski definition) is 2. The lowest BCUT2D eigenvalue weighted by atomic mass is 10.1. The van der Waals surface area contributed by atoms with E-state index in [1.165, 1.54) is 4.90 Å². The highest BCUT2D eigenvalue weighted by Gasteiger charge is 2.36. The molecular weight excluding hydrogens is 506 g/mol. The van der Waals surface area contributed by atoms with Gasteiger partial charge in [-0.1, -0.05) is 18.2 Å². The molecular formula is C29H31N9O2. The number of rotatable bonds is 6. The van der Waals surface area contributed by atoms with E-state index in [9.17, 15) is 4.79 Å². The SMILES string of the molecule is COc1ccc(N2C(=O)N(c3c(C)cccc3C)Cc3cnc(Nc4ccc(N5CCNCC5)nc4)nc32)nc1. The van der Waals surface area contributed by atoms with Gasteiger partial charge in [-0.25, -0.2) is 24.6 Å². The van der Waals surface area contributed by atoms with Gasteiger partial charge >= 0.3 is 6.03 Å². The fraction of sp³-hybridized carbons (Fsp3) is 0.276. The smallest absolute Gasteiger partial charge is 0.336 e. The van der Waals surface area contributed by atoms with Gasteiger partial charge in [-0.3, -0.25) is 4.90 Å². The highest BCUT2D eigenvalue weighted by atomic mass is 16.5. The fourth-order valence-corrected chi connectivity index (χ4v) is 5.12. The van der Waals surface area contributed by atoms with E-state index in [1.807, 2.05) is 44.2 Å². The maximum atomic E-state index is 14.1. The Morgan fingerprint density at radius 1 is 0.900 bits per heavy atom. The second-order valence-electron chi connectivity index (χ2n) is 9.81. The minimum atomic E-state index is -0.241. The van der Waals surface area contributed by atoms with Gasteiger partial charge in [0.25, 0.3) is 0 Å². The molecule has 0 radical (unpaired) electrons. The maximum absolute atomic E-state index is 14.1. The highest BCUT2D eigenvalue weighted by Crippen LogP contribution is 2.38. The molecule has 11 heteroatoms. The number of fused-ring (bicyclic) bond motifs is 1. The van der Waals surface area contributed by atoms with Crippen LogP contribution >= 0.6 is 0 Å². The molecule has 204 valence electrons. The predicted molar refractivity (Wildman–Crippen MR) is 155 cm³/mol. The number of hydrogen-bond acceptors (Lipinski definition) is 9. The minimum absolute atomic E-state index is 0.241. The molecule has 1 aromatic carbocycles. The number of carbonyl (C=O) groups excluding carboxylic acids is 1. The van der Waals surface area contributed by atoms with Crippen LogP contribution in [0.15, 0.2) is 61.1 Å². The third-order valence-corrected chi connectivity index (χ3v) is 7.14. The van der Waals surface area contributed by atoms with Crippen LogP contribution in [0.2, 0.25) is 0 Å². The van der Waals surface area contributed by atoms with E-state index in [1.54, 1.807) is 42.7 Å². The van der Waals surface area contributed by atoms with Crippen LogP contribution < -0.4 is 30.1 Å². The second-order valence-corrected chi connectivity index (χ2v) is 9.81. The Morgan fingerprint density at radius 3 is 2.33 bits per heavy atom. The molecule has 0 spiro atoms. The molecule has 40 heavy (non-hydrogen) atoms. The zero-order valence-corrected chi connectivity index (χ0v) is 22.8. The van der Waals surface area contributed by atoms with Crippen molar-refractivity contribution in [2.24, 2.45) is 0 Å². The first-order chi connectivity index (χ1) is 19.5. The van der Waals surface area contributed by atoms with Crippen molar-refractivity contribution < 1.29 is 9.53 Å². The molecule has 11 nitrogen and oxygen atoms in total. The number of ether oxygens (including phenoxy) is 1. The summed E-state index contributed by atoms with van der Waals surface area (Å²) in [6.45, 7) is 8.10. The number of amides is 2. The standard InChI is InChI=1S/C29H31N9O2/c1-19-5-4-6-20(2)26(19)37-18-21-15-33-28(34-22-7-9-24(31-16-22)36-13-11-30-12-14-36)35-27(21)38(29(37)39)25-10-8-23(40-3)17-32-25/h4-10,15-17,30H,11-14,18H2,1-3H3,(H,33,34,35). The van der Waals surface area contributed by atoms with Crippen LogP contribution in [-0.4, -0.2) is 59.3 Å². The van der Waals surface area contributed by atoms with E-state index >= 15 is 0 Å². The minimum Gasteiger partial charge on any atom is -0.495 e. The molecule has 2 N–H and O–H groups in total. The average Bonchev–Trinajstić information content (AvgIpc) is 2.98. The monoisotopic (exact) mass is 537 g/mol. The van der Waals surface area contributed by atoms with Crippen molar-refractivity contribution in [3.8, 4) is 5.75 Å². The number of carbonyl (C=O) groups is 1. The van der Waals surface area contributed by atoms with E-state index in [0.29, 0.717) is 29.9 Å². The van der Waals surface area contributed by atoms with Crippen molar-refractivity contribution in [2.75, 3.05) is 53.3 Å². The molecule has 0 atom stereocenters.